The van der Waals surface area contributed by atoms with E-state index in [2.05, 4.69) is 26.2 Å². The highest BCUT2D eigenvalue weighted by atomic mass is 79.9. The fraction of sp³-hybridized carbons (Fsp3) is 0.200. The third-order valence-electron chi connectivity index (χ3n) is 1.92. The van der Waals surface area contributed by atoms with Gasteiger partial charge in [-0.2, -0.15) is 4.99 Å². The summed E-state index contributed by atoms with van der Waals surface area (Å²) >= 11 is 3.36. The molecule has 5 N–H and O–H groups in total. The summed E-state index contributed by atoms with van der Waals surface area (Å²) in [4.78, 5) is 14.7. The minimum atomic E-state index is -0.572. The summed E-state index contributed by atoms with van der Waals surface area (Å²) in [6, 6.07) is 5.00. The van der Waals surface area contributed by atoms with Gasteiger partial charge in [-0.3, -0.25) is 0 Å². The van der Waals surface area contributed by atoms with Crippen LogP contribution in [0.3, 0.4) is 0 Å². The molecule has 0 aliphatic rings. The van der Waals surface area contributed by atoms with Gasteiger partial charge >= 0.3 is 6.03 Å². The van der Waals surface area contributed by atoms with Gasteiger partial charge in [0.15, 0.2) is 5.96 Å². The van der Waals surface area contributed by atoms with Gasteiger partial charge in [0.25, 0.3) is 0 Å². The number of carbonyl (C=O) groups excluding carboxylic acids is 1. The number of hydrogen-bond donors (Lipinski definition) is 3. The molecule has 2 amide bonds. The zero-order chi connectivity index (χ0) is 12.1. The number of anilines is 1. The summed E-state index contributed by atoms with van der Waals surface area (Å²) in [6.45, 7) is 2.00. The number of amides is 2. The summed E-state index contributed by atoms with van der Waals surface area (Å²) in [5.74, 6) is -0.257. The van der Waals surface area contributed by atoms with E-state index in [9.17, 15) is 4.79 Å². The second-order valence-electron chi connectivity index (χ2n) is 3.12. The number of benzene rings is 1. The van der Waals surface area contributed by atoms with Gasteiger partial charge in [-0.05, 0) is 30.2 Å². The molecular weight excluding hydrogens is 272 g/mol. The van der Waals surface area contributed by atoms with Gasteiger partial charge in [0.1, 0.15) is 0 Å². The Morgan fingerprint density at radius 3 is 2.75 bits per heavy atom. The first-order valence-corrected chi connectivity index (χ1v) is 5.51. The predicted molar refractivity (Wildman–Crippen MR) is 68.3 cm³/mol. The SMILES string of the molecule is CCc1cc(Br)ccc1NC(=O)N=C(N)N. The summed E-state index contributed by atoms with van der Waals surface area (Å²) in [7, 11) is 0. The van der Waals surface area contributed by atoms with Gasteiger partial charge in [0.2, 0.25) is 0 Å². The van der Waals surface area contributed by atoms with E-state index in [1.54, 1.807) is 6.07 Å². The number of nitrogens with two attached hydrogens (primary N) is 2. The fourth-order valence-electron chi connectivity index (χ4n) is 1.24. The lowest BCUT2D eigenvalue weighted by Gasteiger charge is -2.08. The van der Waals surface area contributed by atoms with Gasteiger partial charge < -0.3 is 16.8 Å². The van der Waals surface area contributed by atoms with Crippen molar-refractivity contribution in [1.29, 1.82) is 0 Å². The zero-order valence-electron chi connectivity index (χ0n) is 8.83. The average Bonchev–Trinajstić information content (AvgIpc) is 2.19. The molecule has 1 rings (SSSR count). The molecule has 0 bridgehead atoms. The van der Waals surface area contributed by atoms with Crippen molar-refractivity contribution in [2.75, 3.05) is 5.32 Å². The van der Waals surface area contributed by atoms with Crippen molar-refractivity contribution in [1.82, 2.24) is 0 Å². The number of guanidine groups is 1. The van der Waals surface area contributed by atoms with Crippen molar-refractivity contribution in [3.05, 3.63) is 28.2 Å². The number of carbonyl (C=O) groups is 1. The van der Waals surface area contributed by atoms with Crippen LogP contribution in [0.5, 0.6) is 0 Å². The van der Waals surface area contributed by atoms with Crippen LogP contribution < -0.4 is 16.8 Å². The van der Waals surface area contributed by atoms with E-state index in [1.807, 2.05) is 19.1 Å². The third kappa shape index (κ3) is 3.54. The van der Waals surface area contributed by atoms with Crippen LogP contribution in [0.4, 0.5) is 10.5 Å². The first kappa shape index (κ1) is 12.5. The van der Waals surface area contributed by atoms with Crippen molar-refractivity contribution in [3.8, 4) is 0 Å². The minimum Gasteiger partial charge on any atom is -0.370 e. The highest BCUT2D eigenvalue weighted by Crippen LogP contribution is 2.21. The van der Waals surface area contributed by atoms with Crippen LogP contribution in [0.15, 0.2) is 27.7 Å². The lowest BCUT2D eigenvalue weighted by atomic mass is 10.1. The van der Waals surface area contributed by atoms with Crippen LogP contribution in [0, 0.1) is 0 Å². The highest BCUT2D eigenvalue weighted by molar-refractivity contribution is 9.10. The van der Waals surface area contributed by atoms with Crippen LogP contribution in [-0.2, 0) is 6.42 Å². The Balaban J connectivity index is 2.89. The van der Waals surface area contributed by atoms with Gasteiger partial charge in [0, 0.05) is 10.2 Å². The molecule has 0 aliphatic heterocycles. The normalized spacial score (nSPS) is 9.62. The largest absolute Gasteiger partial charge is 0.370 e. The number of urea groups is 1. The van der Waals surface area contributed by atoms with Crippen LogP contribution >= 0.6 is 15.9 Å². The molecule has 0 unspecified atom stereocenters. The Bertz CT molecular complexity index is 427. The first-order valence-electron chi connectivity index (χ1n) is 4.72. The van der Waals surface area contributed by atoms with Crippen molar-refractivity contribution in [3.63, 3.8) is 0 Å². The van der Waals surface area contributed by atoms with Crippen LogP contribution in [0.25, 0.3) is 0 Å². The number of nitrogens with zero attached hydrogens (tertiary/aromatic N) is 1. The monoisotopic (exact) mass is 284 g/mol. The Morgan fingerprint density at radius 2 is 2.19 bits per heavy atom. The average molecular weight is 285 g/mol. The van der Waals surface area contributed by atoms with Crippen LogP contribution in [0.2, 0.25) is 0 Å². The number of hydrogen-bond acceptors (Lipinski definition) is 1. The predicted octanol–water partition coefficient (Wildman–Crippen LogP) is 1.82. The van der Waals surface area contributed by atoms with E-state index in [0.717, 1.165) is 16.5 Å². The van der Waals surface area contributed by atoms with Gasteiger partial charge in [0.05, 0.1) is 0 Å². The molecular formula is C10H13BrN4O. The maximum atomic E-state index is 11.3. The molecule has 6 heteroatoms. The van der Waals surface area contributed by atoms with Crippen molar-refractivity contribution in [2.24, 2.45) is 16.5 Å². The number of aryl methyl sites for hydroxylation is 1. The number of rotatable bonds is 2. The third-order valence-corrected chi connectivity index (χ3v) is 2.41. The molecule has 0 aromatic heterocycles. The van der Waals surface area contributed by atoms with Crippen molar-refractivity contribution < 1.29 is 4.79 Å². The van der Waals surface area contributed by atoms with Gasteiger partial charge in [-0.1, -0.05) is 22.9 Å². The van der Waals surface area contributed by atoms with E-state index in [0.29, 0.717) is 5.69 Å². The molecule has 16 heavy (non-hydrogen) atoms. The molecule has 5 nitrogen and oxygen atoms in total. The molecule has 1 aromatic rings. The molecule has 0 fully saturated rings. The second kappa shape index (κ2) is 5.50. The topological polar surface area (TPSA) is 93.5 Å². The van der Waals surface area contributed by atoms with Gasteiger partial charge in [-0.15, -0.1) is 0 Å². The smallest absolute Gasteiger partial charge is 0.348 e. The minimum absolute atomic E-state index is 0.257. The van der Waals surface area contributed by atoms with E-state index in [1.165, 1.54) is 0 Å². The molecule has 1 aromatic carbocycles. The van der Waals surface area contributed by atoms with E-state index in [4.69, 9.17) is 11.5 Å². The molecule has 86 valence electrons. The molecule has 0 saturated carbocycles. The Kier molecular flexibility index (Phi) is 4.30. The summed E-state index contributed by atoms with van der Waals surface area (Å²) in [6.07, 6.45) is 0.802. The zero-order valence-corrected chi connectivity index (χ0v) is 10.4. The molecule has 0 aliphatic carbocycles. The standard InChI is InChI=1S/C10H13BrN4O/c1-2-6-5-7(11)3-4-8(6)14-10(16)15-9(12)13/h3-5H,2H2,1H3,(H5,12,13,14,15,16). The summed E-state index contributed by atoms with van der Waals surface area (Å²) in [5, 5.41) is 2.61. The van der Waals surface area contributed by atoms with Gasteiger partial charge in [-0.25, -0.2) is 4.79 Å². The molecule has 0 radical (unpaired) electrons. The number of nitrogens with one attached hydrogen (secondary N) is 1. The van der Waals surface area contributed by atoms with Crippen molar-refractivity contribution >= 4 is 33.6 Å². The van der Waals surface area contributed by atoms with E-state index < -0.39 is 6.03 Å². The van der Waals surface area contributed by atoms with E-state index in [-0.39, 0.29) is 5.96 Å². The highest BCUT2D eigenvalue weighted by Gasteiger charge is 2.05. The van der Waals surface area contributed by atoms with Crippen molar-refractivity contribution in [2.45, 2.75) is 13.3 Å². The maximum Gasteiger partial charge on any atom is 0.348 e. The quantitative estimate of drug-likeness (QED) is 0.571. The summed E-state index contributed by atoms with van der Waals surface area (Å²) in [5.41, 5.74) is 11.9. The van der Waals surface area contributed by atoms with Crippen LogP contribution in [0.1, 0.15) is 12.5 Å². The molecule has 0 atom stereocenters. The maximum absolute atomic E-state index is 11.3. The summed E-state index contributed by atoms with van der Waals surface area (Å²) < 4.78 is 0.962. The number of aliphatic imine (C=N–C) groups is 1. The van der Waals surface area contributed by atoms with Crippen LogP contribution in [-0.4, -0.2) is 12.0 Å². The van der Waals surface area contributed by atoms with E-state index >= 15 is 0 Å². The number of halogens is 1. The fourth-order valence-corrected chi connectivity index (χ4v) is 1.65. The molecule has 0 saturated heterocycles. The lowest BCUT2D eigenvalue weighted by molar-refractivity contribution is 0.259. The molecule has 0 heterocycles. The first-order chi connectivity index (χ1) is 7.52. The Hall–Kier alpha value is -1.56. The Labute approximate surface area is 102 Å². The Morgan fingerprint density at radius 1 is 1.50 bits per heavy atom. The second-order valence-corrected chi connectivity index (χ2v) is 4.04. The molecule has 0 spiro atoms. The lowest BCUT2D eigenvalue weighted by Crippen LogP contribution is -2.25.